The largest absolute Gasteiger partial charge is 0.500 e. The highest BCUT2D eigenvalue weighted by Gasteiger charge is 2.37. The Morgan fingerprint density at radius 3 is 1.79 bits per heavy atom. The topological polar surface area (TPSA) is 99.9 Å². The Kier molecular flexibility index (Phi) is 9.14. The molecule has 2 atom stereocenters. The second-order valence-electron chi connectivity index (χ2n) is 7.89. The van der Waals surface area contributed by atoms with Crippen LogP contribution in [-0.4, -0.2) is 38.6 Å². The third kappa shape index (κ3) is 6.39. The summed E-state index contributed by atoms with van der Waals surface area (Å²) >= 11 is 0. The van der Waals surface area contributed by atoms with Gasteiger partial charge in [0.2, 0.25) is 10.0 Å². The average Bonchev–Trinajstić information content (AvgIpc) is 2.89. The summed E-state index contributed by atoms with van der Waals surface area (Å²) in [6, 6.07) is 25.0. The smallest absolute Gasteiger partial charge is 0.377 e. The van der Waals surface area contributed by atoms with Crippen LogP contribution in [-0.2, 0) is 29.7 Å². The molecule has 0 aliphatic rings. The molecule has 0 bridgehead atoms. The van der Waals surface area contributed by atoms with Crippen molar-refractivity contribution in [1.29, 1.82) is 0 Å². The second kappa shape index (κ2) is 11.9. The maximum Gasteiger partial charge on any atom is 0.500 e. The minimum atomic E-state index is -3.83. The van der Waals surface area contributed by atoms with E-state index in [4.69, 9.17) is 19.0 Å². The van der Waals surface area contributed by atoms with Crippen LogP contribution in [0.2, 0.25) is 6.04 Å². The zero-order valence-electron chi connectivity index (χ0n) is 19.7. The van der Waals surface area contributed by atoms with Gasteiger partial charge in [0.1, 0.15) is 0 Å². The van der Waals surface area contributed by atoms with Crippen molar-refractivity contribution in [3.63, 3.8) is 0 Å². The predicted molar refractivity (Wildman–Crippen MR) is 135 cm³/mol. The first kappa shape index (κ1) is 26.2. The van der Waals surface area contributed by atoms with E-state index in [1.807, 2.05) is 60.7 Å². The van der Waals surface area contributed by atoms with Crippen LogP contribution >= 0.6 is 0 Å². The summed E-state index contributed by atoms with van der Waals surface area (Å²) < 4.78 is 45.8. The van der Waals surface area contributed by atoms with Gasteiger partial charge in [-0.25, -0.2) is 13.1 Å². The van der Waals surface area contributed by atoms with Crippen LogP contribution in [0.5, 0.6) is 0 Å². The molecule has 0 aliphatic carbocycles. The molecule has 0 aliphatic heterocycles. The van der Waals surface area contributed by atoms with E-state index in [0.717, 1.165) is 16.7 Å². The highest BCUT2D eigenvalue weighted by Crippen LogP contribution is 2.29. The third-order valence-electron chi connectivity index (χ3n) is 5.87. The molecule has 0 fully saturated rings. The van der Waals surface area contributed by atoms with Crippen molar-refractivity contribution >= 4 is 18.8 Å². The van der Waals surface area contributed by atoms with Crippen LogP contribution in [0.15, 0.2) is 89.8 Å². The van der Waals surface area contributed by atoms with Gasteiger partial charge in [-0.1, -0.05) is 72.8 Å². The van der Waals surface area contributed by atoms with Crippen LogP contribution in [0.3, 0.4) is 0 Å². The third-order valence-corrected chi connectivity index (χ3v) is 10.1. The molecule has 0 aromatic heterocycles. The molecule has 0 saturated heterocycles. The van der Waals surface area contributed by atoms with E-state index >= 15 is 0 Å². The number of hydrogen-bond acceptors (Lipinski definition) is 6. The number of nitrogens with two attached hydrogens (primary N) is 1. The number of benzene rings is 3. The zero-order valence-corrected chi connectivity index (χ0v) is 21.5. The second-order valence-corrected chi connectivity index (χ2v) is 12.7. The van der Waals surface area contributed by atoms with E-state index in [0.29, 0.717) is 12.5 Å². The van der Waals surface area contributed by atoms with Gasteiger partial charge in [0.05, 0.1) is 17.0 Å². The van der Waals surface area contributed by atoms with Gasteiger partial charge in [0, 0.05) is 27.4 Å². The fourth-order valence-electron chi connectivity index (χ4n) is 3.80. The predicted octanol–water partition coefficient (Wildman–Crippen LogP) is 3.83. The molecule has 0 amide bonds. The minimum Gasteiger partial charge on any atom is -0.377 e. The lowest BCUT2D eigenvalue weighted by atomic mass is 9.95. The first-order valence-electron chi connectivity index (χ1n) is 11.0. The molecule has 0 saturated carbocycles. The number of hydrogen-bond donors (Lipinski definition) is 2. The first-order chi connectivity index (χ1) is 16.3. The zero-order chi connectivity index (χ0) is 24.6. The quantitative estimate of drug-likeness (QED) is 0.367. The Balaban J connectivity index is 1.80. The molecular weight excluding hydrogens is 468 g/mol. The standard InChI is InChI=1S/C25H32N2O5SSi/c1-30-34(31-2,32-3)19-18-20-14-16-23(17-15-20)33(28,29)27-25(22-12-8-5-9-13-22)24(26)21-10-6-4-7-11-21/h4-17,24-25,27H,18-19,26H2,1-3H3/t24-,25-/m0/s1. The van der Waals surface area contributed by atoms with Gasteiger partial charge in [-0.05, 0) is 35.2 Å². The normalized spacial score (nSPS) is 14.0. The Morgan fingerprint density at radius 2 is 1.29 bits per heavy atom. The van der Waals surface area contributed by atoms with Gasteiger partial charge >= 0.3 is 8.80 Å². The van der Waals surface area contributed by atoms with Crippen LogP contribution in [0, 0.1) is 0 Å². The van der Waals surface area contributed by atoms with Gasteiger partial charge in [0.15, 0.2) is 0 Å². The summed E-state index contributed by atoms with van der Waals surface area (Å²) in [5.41, 5.74) is 9.14. The molecule has 3 rings (SSSR count). The lowest BCUT2D eigenvalue weighted by Gasteiger charge is -2.26. The Morgan fingerprint density at radius 1 is 0.794 bits per heavy atom. The van der Waals surface area contributed by atoms with Crippen LogP contribution < -0.4 is 10.5 Å². The fraction of sp³-hybridized carbons (Fsp3) is 0.280. The van der Waals surface area contributed by atoms with Crippen molar-refractivity contribution in [3.05, 3.63) is 102 Å². The van der Waals surface area contributed by atoms with Gasteiger partial charge in [-0.3, -0.25) is 0 Å². The van der Waals surface area contributed by atoms with Crippen molar-refractivity contribution < 1.29 is 21.7 Å². The minimum absolute atomic E-state index is 0.172. The average molecular weight is 501 g/mol. The Bertz CT molecular complexity index is 1120. The summed E-state index contributed by atoms with van der Waals surface area (Å²) in [6.07, 6.45) is 0.640. The SMILES string of the molecule is CO[Si](CCc1ccc(S(=O)(=O)N[C@@H](c2ccccc2)[C@@H](N)c2ccccc2)cc1)(OC)OC. The number of nitrogens with one attached hydrogen (secondary N) is 1. The van der Waals surface area contributed by atoms with E-state index in [1.165, 1.54) is 0 Å². The monoisotopic (exact) mass is 500 g/mol. The molecule has 7 nitrogen and oxygen atoms in total. The highest BCUT2D eigenvalue weighted by molar-refractivity contribution is 7.89. The molecule has 3 aromatic carbocycles. The van der Waals surface area contributed by atoms with E-state index in [2.05, 4.69) is 4.72 Å². The lowest BCUT2D eigenvalue weighted by molar-refractivity contribution is 0.123. The van der Waals surface area contributed by atoms with Crippen molar-refractivity contribution in [2.45, 2.75) is 29.4 Å². The van der Waals surface area contributed by atoms with Crippen LogP contribution in [0.4, 0.5) is 0 Å². The van der Waals surface area contributed by atoms with E-state index < -0.39 is 30.9 Å². The summed E-state index contributed by atoms with van der Waals surface area (Å²) in [4.78, 5) is 0.172. The van der Waals surface area contributed by atoms with Gasteiger partial charge < -0.3 is 19.0 Å². The van der Waals surface area contributed by atoms with E-state index in [-0.39, 0.29) is 4.90 Å². The molecule has 0 spiro atoms. The molecule has 3 N–H and O–H groups in total. The number of aryl methyl sites for hydroxylation is 1. The summed E-state index contributed by atoms with van der Waals surface area (Å²) in [5.74, 6) is 0. The van der Waals surface area contributed by atoms with Crippen molar-refractivity contribution in [3.8, 4) is 0 Å². The van der Waals surface area contributed by atoms with E-state index in [9.17, 15) is 8.42 Å². The molecule has 0 heterocycles. The van der Waals surface area contributed by atoms with Crippen LogP contribution in [0.1, 0.15) is 28.8 Å². The molecule has 9 heteroatoms. The van der Waals surface area contributed by atoms with Crippen molar-refractivity contribution in [2.75, 3.05) is 21.3 Å². The molecule has 34 heavy (non-hydrogen) atoms. The Hall–Kier alpha value is -2.37. The van der Waals surface area contributed by atoms with Crippen molar-refractivity contribution in [2.24, 2.45) is 5.73 Å². The maximum atomic E-state index is 13.3. The molecule has 0 unspecified atom stereocenters. The van der Waals surface area contributed by atoms with Gasteiger partial charge in [-0.2, -0.15) is 0 Å². The Labute approximate surface area is 203 Å². The van der Waals surface area contributed by atoms with Crippen LogP contribution in [0.25, 0.3) is 0 Å². The summed E-state index contributed by atoms with van der Waals surface area (Å²) in [7, 11) is -1.81. The van der Waals surface area contributed by atoms with Crippen molar-refractivity contribution in [1.82, 2.24) is 4.72 Å². The highest BCUT2D eigenvalue weighted by atomic mass is 32.2. The van der Waals surface area contributed by atoms with Gasteiger partial charge in [0.25, 0.3) is 0 Å². The molecule has 3 aromatic rings. The lowest BCUT2D eigenvalue weighted by Crippen LogP contribution is -2.43. The number of sulfonamides is 1. The van der Waals surface area contributed by atoms with Gasteiger partial charge in [-0.15, -0.1) is 0 Å². The summed E-state index contributed by atoms with van der Waals surface area (Å²) in [5, 5.41) is 0. The first-order valence-corrected chi connectivity index (χ1v) is 14.4. The number of rotatable bonds is 12. The fourth-order valence-corrected chi connectivity index (χ4v) is 6.76. The van der Waals surface area contributed by atoms with E-state index in [1.54, 1.807) is 45.6 Å². The maximum absolute atomic E-state index is 13.3. The molecule has 182 valence electrons. The molecular formula is C25H32N2O5SSi. The molecule has 0 radical (unpaired) electrons. The summed E-state index contributed by atoms with van der Waals surface area (Å²) in [6.45, 7) is 0.